The van der Waals surface area contributed by atoms with E-state index in [1.165, 1.54) is 6.07 Å². The minimum absolute atomic E-state index is 0. The normalized spacial score (nSPS) is 20.9. The first-order valence-corrected chi connectivity index (χ1v) is 6.67. The van der Waals surface area contributed by atoms with Gasteiger partial charge in [-0.2, -0.15) is 0 Å². The molecule has 0 spiro atoms. The summed E-state index contributed by atoms with van der Waals surface area (Å²) in [6.07, 6.45) is -3.67. The molecule has 1 aliphatic rings. The van der Waals surface area contributed by atoms with Gasteiger partial charge in [0.05, 0.1) is 0 Å². The van der Waals surface area contributed by atoms with Crippen LogP contribution in [0.3, 0.4) is 0 Å². The van der Waals surface area contributed by atoms with E-state index in [0.29, 0.717) is 18.0 Å². The molecule has 0 aromatic heterocycles. The molecule has 3 nitrogen and oxygen atoms in total. The molecule has 1 aromatic carbocycles. The molecule has 0 amide bonds. The Bertz CT molecular complexity index is 454. The average Bonchev–Trinajstić information content (AvgIpc) is 2.78. The SMILES string of the molecule is CC(N)C1CCN(Cc2ccccc2OC(F)(F)F)C1.Cl. The number of para-hydroxylation sites is 1. The van der Waals surface area contributed by atoms with E-state index in [2.05, 4.69) is 9.64 Å². The molecule has 2 rings (SSSR count). The summed E-state index contributed by atoms with van der Waals surface area (Å²) in [6, 6.07) is 6.39. The molecule has 0 radical (unpaired) electrons. The second-order valence-electron chi connectivity index (χ2n) is 5.30. The zero-order valence-corrected chi connectivity index (χ0v) is 12.6. The van der Waals surface area contributed by atoms with Crippen molar-refractivity contribution in [1.82, 2.24) is 4.90 Å². The molecule has 21 heavy (non-hydrogen) atoms. The molecule has 7 heteroatoms. The van der Waals surface area contributed by atoms with Crippen LogP contribution >= 0.6 is 12.4 Å². The van der Waals surface area contributed by atoms with Crippen LogP contribution < -0.4 is 10.5 Å². The van der Waals surface area contributed by atoms with E-state index < -0.39 is 6.36 Å². The standard InChI is InChI=1S/C14H19F3N2O.ClH/c1-10(18)11-6-7-19(8-11)9-12-4-2-3-5-13(12)20-14(15,16)17;/h2-5,10-11H,6-9,18H2,1H3;1H. The molecule has 1 aromatic rings. The van der Waals surface area contributed by atoms with E-state index in [1.807, 2.05) is 6.92 Å². The summed E-state index contributed by atoms with van der Waals surface area (Å²) < 4.78 is 41.1. The first kappa shape index (κ1) is 18.1. The van der Waals surface area contributed by atoms with Crippen molar-refractivity contribution in [2.24, 2.45) is 11.7 Å². The van der Waals surface area contributed by atoms with Crippen LogP contribution in [0.25, 0.3) is 0 Å². The van der Waals surface area contributed by atoms with Crippen LogP contribution in [0.4, 0.5) is 13.2 Å². The number of benzene rings is 1. The molecular weight excluding hydrogens is 305 g/mol. The van der Waals surface area contributed by atoms with Gasteiger partial charge in [0.15, 0.2) is 0 Å². The molecule has 2 unspecified atom stereocenters. The van der Waals surface area contributed by atoms with Gasteiger partial charge in [-0.1, -0.05) is 18.2 Å². The molecule has 0 bridgehead atoms. The number of nitrogens with zero attached hydrogens (tertiary/aromatic N) is 1. The van der Waals surface area contributed by atoms with E-state index in [9.17, 15) is 13.2 Å². The second-order valence-corrected chi connectivity index (χ2v) is 5.30. The van der Waals surface area contributed by atoms with Gasteiger partial charge in [-0.25, -0.2) is 0 Å². The fourth-order valence-electron chi connectivity index (χ4n) is 2.53. The van der Waals surface area contributed by atoms with Gasteiger partial charge in [-0.3, -0.25) is 4.90 Å². The molecule has 2 atom stereocenters. The van der Waals surface area contributed by atoms with Gasteiger partial charge in [0, 0.05) is 24.7 Å². The molecule has 0 aliphatic carbocycles. The molecule has 1 fully saturated rings. The molecule has 1 heterocycles. The number of hydrogen-bond donors (Lipinski definition) is 1. The fraction of sp³-hybridized carbons (Fsp3) is 0.571. The van der Waals surface area contributed by atoms with Gasteiger partial charge in [0.1, 0.15) is 5.75 Å². The molecule has 0 saturated carbocycles. The van der Waals surface area contributed by atoms with Crippen LogP contribution in [0.5, 0.6) is 5.75 Å². The van der Waals surface area contributed by atoms with Gasteiger partial charge in [-0.05, 0) is 31.9 Å². The van der Waals surface area contributed by atoms with Crippen molar-refractivity contribution in [3.63, 3.8) is 0 Å². The quantitative estimate of drug-likeness (QED) is 0.924. The highest BCUT2D eigenvalue weighted by molar-refractivity contribution is 5.85. The van der Waals surface area contributed by atoms with Gasteiger partial charge in [0.2, 0.25) is 0 Å². The smallest absolute Gasteiger partial charge is 0.405 e. The zero-order chi connectivity index (χ0) is 14.8. The van der Waals surface area contributed by atoms with Crippen LogP contribution in [0.1, 0.15) is 18.9 Å². The largest absolute Gasteiger partial charge is 0.573 e. The lowest BCUT2D eigenvalue weighted by atomic mass is 10.0. The van der Waals surface area contributed by atoms with Crippen molar-refractivity contribution in [1.29, 1.82) is 0 Å². The van der Waals surface area contributed by atoms with E-state index in [4.69, 9.17) is 5.73 Å². The van der Waals surface area contributed by atoms with Gasteiger partial charge >= 0.3 is 6.36 Å². The first-order chi connectivity index (χ1) is 9.35. The highest BCUT2D eigenvalue weighted by Crippen LogP contribution is 2.29. The second kappa shape index (κ2) is 7.33. The average molecular weight is 325 g/mol. The Morgan fingerprint density at radius 2 is 2.05 bits per heavy atom. The molecule has 120 valence electrons. The van der Waals surface area contributed by atoms with Crippen LogP contribution in [0.2, 0.25) is 0 Å². The van der Waals surface area contributed by atoms with Crippen molar-refractivity contribution < 1.29 is 17.9 Å². The molecule has 1 saturated heterocycles. The van der Waals surface area contributed by atoms with E-state index >= 15 is 0 Å². The monoisotopic (exact) mass is 324 g/mol. The Morgan fingerprint density at radius 3 is 2.62 bits per heavy atom. The minimum Gasteiger partial charge on any atom is -0.405 e. The first-order valence-electron chi connectivity index (χ1n) is 6.67. The van der Waals surface area contributed by atoms with E-state index in [0.717, 1.165) is 19.5 Å². The highest BCUT2D eigenvalue weighted by Gasteiger charge is 2.32. The molecule has 1 aliphatic heterocycles. The van der Waals surface area contributed by atoms with E-state index in [-0.39, 0.29) is 24.2 Å². The Balaban J connectivity index is 0.00000220. The maximum atomic E-state index is 12.4. The lowest BCUT2D eigenvalue weighted by Gasteiger charge is -2.20. The zero-order valence-electron chi connectivity index (χ0n) is 11.8. The molecular formula is C14H20ClF3N2O. The van der Waals surface area contributed by atoms with Crippen LogP contribution in [-0.4, -0.2) is 30.4 Å². The predicted octanol–water partition coefficient (Wildman–Crippen LogP) is 3.18. The maximum absolute atomic E-state index is 12.4. The van der Waals surface area contributed by atoms with Gasteiger partial charge in [-0.15, -0.1) is 25.6 Å². The number of nitrogens with two attached hydrogens (primary N) is 1. The van der Waals surface area contributed by atoms with Crippen molar-refractivity contribution in [3.05, 3.63) is 29.8 Å². The number of halogens is 4. The Kier molecular flexibility index (Phi) is 6.31. The van der Waals surface area contributed by atoms with Crippen molar-refractivity contribution >= 4 is 12.4 Å². The Morgan fingerprint density at radius 1 is 1.38 bits per heavy atom. The van der Waals surface area contributed by atoms with Crippen LogP contribution in [0, 0.1) is 5.92 Å². The highest BCUT2D eigenvalue weighted by atomic mass is 35.5. The Hall–Kier alpha value is -0.980. The summed E-state index contributed by atoms with van der Waals surface area (Å²) in [6.45, 7) is 4.09. The lowest BCUT2D eigenvalue weighted by molar-refractivity contribution is -0.275. The summed E-state index contributed by atoms with van der Waals surface area (Å²) in [7, 11) is 0. The third-order valence-electron chi connectivity index (χ3n) is 3.64. The van der Waals surface area contributed by atoms with Crippen molar-refractivity contribution in [2.75, 3.05) is 13.1 Å². The summed E-state index contributed by atoms with van der Waals surface area (Å²) in [5, 5.41) is 0. The summed E-state index contributed by atoms with van der Waals surface area (Å²) >= 11 is 0. The minimum atomic E-state index is -4.66. The summed E-state index contributed by atoms with van der Waals surface area (Å²) in [5.41, 5.74) is 6.42. The summed E-state index contributed by atoms with van der Waals surface area (Å²) in [4.78, 5) is 2.12. The summed E-state index contributed by atoms with van der Waals surface area (Å²) in [5.74, 6) is 0.287. The number of ether oxygens (including phenoxy) is 1. The van der Waals surface area contributed by atoms with E-state index in [1.54, 1.807) is 18.2 Å². The third-order valence-corrected chi connectivity index (χ3v) is 3.64. The molecule has 2 N–H and O–H groups in total. The van der Waals surface area contributed by atoms with Gasteiger partial charge in [0.25, 0.3) is 0 Å². The number of hydrogen-bond acceptors (Lipinski definition) is 3. The van der Waals surface area contributed by atoms with Crippen molar-refractivity contribution in [3.8, 4) is 5.75 Å². The van der Waals surface area contributed by atoms with Crippen LogP contribution in [0.15, 0.2) is 24.3 Å². The maximum Gasteiger partial charge on any atom is 0.573 e. The fourth-order valence-corrected chi connectivity index (χ4v) is 2.53. The van der Waals surface area contributed by atoms with Gasteiger partial charge < -0.3 is 10.5 Å². The number of likely N-dealkylation sites (tertiary alicyclic amines) is 1. The Labute approximate surface area is 128 Å². The third kappa shape index (κ3) is 5.37. The lowest BCUT2D eigenvalue weighted by Crippen LogP contribution is -2.29. The van der Waals surface area contributed by atoms with Crippen molar-refractivity contribution in [2.45, 2.75) is 32.3 Å². The number of alkyl halides is 3. The predicted molar refractivity (Wildman–Crippen MR) is 77.4 cm³/mol. The number of rotatable bonds is 4. The topological polar surface area (TPSA) is 38.5 Å². The van der Waals surface area contributed by atoms with Crippen LogP contribution in [-0.2, 0) is 6.54 Å².